The molecule has 0 aliphatic carbocycles. The molecule has 0 aliphatic heterocycles. The van der Waals surface area contributed by atoms with Gasteiger partial charge in [-0.2, -0.15) is 0 Å². The second kappa shape index (κ2) is 5.15. The normalized spacial score (nSPS) is 11.6. The third-order valence-corrected chi connectivity index (χ3v) is 5.03. The molecule has 0 N–H and O–H groups in total. The van der Waals surface area contributed by atoms with Gasteiger partial charge in [0.15, 0.2) is 0 Å². The van der Waals surface area contributed by atoms with Gasteiger partial charge in [-0.15, -0.1) is 11.3 Å². The van der Waals surface area contributed by atoms with Crippen LogP contribution in [-0.2, 0) is 5.41 Å². The molecule has 1 aromatic heterocycles. The molecule has 0 unspecified atom stereocenters. The first-order chi connectivity index (χ1) is 8.56. The zero-order chi connectivity index (χ0) is 13.2. The Labute approximate surface area is 113 Å². The highest BCUT2D eigenvalue weighted by molar-refractivity contribution is 7.15. The predicted octanol–water partition coefficient (Wildman–Crippen LogP) is 5.11. The molecule has 0 saturated heterocycles. The van der Waals surface area contributed by atoms with Gasteiger partial charge in [0.2, 0.25) is 0 Å². The van der Waals surface area contributed by atoms with Crippen LogP contribution in [0.3, 0.4) is 0 Å². The van der Waals surface area contributed by atoms with Gasteiger partial charge >= 0.3 is 0 Å². The van der Waals surface area contributed by atoms with Crippen molar-refractivity contribution in [2.75, 3.05) is 7.11 Å². The van der Waals surface area contributed by atoms with E-state index in [-0.39, 0.29) is 5.41 Å². The lowest BCUT2D eigenvalue weighted by atomic mass is 9.89. The van der Waals surface area contributed by atoms with Crippen LogP contribution >= 0.6 is 11.3 Å². The van der Waals surface area contributed by atoms with E-state index in [1.807, 2.05) is 23.5 Å². The minimum atomic E-state index is 0.273. The van der Waals surface area contributed by atoms with Crippen molar-refractivity contribution in [2.24, 2.45) is 0 Å². The predicted molar refractivity (Wildman–Crippen MR) is 79.6 cm³/mol. The number of hydrogen-bond donors (Lipinski definition) is 0. The molecule has 18 heavy (non-hydrogen) atoms. The summed E-state index contributed by atoms with van der Waals surface area (Å²) in [7, 11) is 1.70. The molecule has 2 rings (SSSR count). The third kappa shape index (κ3) is 2.59. The standard InChI is InChI=1S/C16H20OS/c1-5-16(2,3)15-11-10-14(18-15)12-6-8-13(17-4)9-7-12/h6-11H,5H2,1-4H3. The summed E-state index contributed by atoms with van der Waals surface area (Å²) in [5.74, 6) is 0.907. The van der Waals surface area contributed by atoms with Crippen molar-refractivity contribution < 1.29 is 4.74 Å². The molecule has 0 spiro atoms. The van der Waals surface area contributed by atoms with Crippen LogP contribution in [0.2, 0.25) is 0 Å². The fourth-order valence-electron chi connectivity index (χ4n) is 1.79. The molecule has 0 bridgehead atoms. The van der Waals surface area contributed by atoms with Crippen molar-refractivity contribution in [3.8, 4) is 16.2 Å². The van der Waals surface area contributed by atoms with Crippen molar-refractivity contribution in [1.82, 2.24) is 0 Å². The second-order valence-electron chi connectivity index (χ2n) is 5.13. The van der Waals surface area contributed by atoms with Gasteiger partial charge in [0.1, 0.15) is 5.75 Å². The van der Waals surface area contributed by atoms with Crippen LogP contribution in [0.15, 0.2) is 36.4 Å². The van der Waals surface area contributed by atoms with Crippen LogP contribution in [0, 0.1) is 0 Å². The summed E-state index contributed by atoms with van der Waals surface area (Å²) in [6, 6.07) is 12.7. The Balaban J connectivity index is 2.29. The van der Waals surface area contributed by atoms with Gasteiger partial charge in [0, 0.05) is 9.75 Å². The molecule has 2 aromatic rings. The Morgan fingerprint density at radius 1 is 1.06 bits per heavy atom. The molecule has 1 aromatic carbocycles. The van der Waals surface area contributed by atoms with Gasteiger partial charge in [-0.05, 0) is 53.8 Å². The number of thiophene rings is 1. The second-order valence-corrected chi connectivity index (χ2v) is 6.21. The van der Waals surface area contributed by atoms with Crippen LogP contribution in [-0.4, -0.2) is 7.11 Å². The maximum atomic E-state index is 5.19. The maximum Gasteiger partial charge on any atom is 0.118 e. The minimum absolute atomic E-state index is 0.273. The molecule has 1 heterocycles. The van der Waals surface area contributed by atoms with Gasteiger partial charge in [0.25, 0.3) is 0 Å². The summed E-state index contributed by atoms with van der Waals surface area (Å²) in [5.41, 5.74) is 1.54. The van der Waals surface area contributed by atoms with E-state index < -0.39 is 0 Å². The summed E-state index contributed by atoms with van der Waals surface area (Å²) >= 11 is 1.89. The molecule has 2 heteroatoms. The Morgan fingerprint density at radius 2 is 1.72 bits per heavy atom. The van der Waals surface area contributed by atoms with E-state index in [2.05, 4.69) is 45.0 Å². The average molecular weight is 260 g/mol. The van der Waals surface area contributed by atoms with Crippen LogP contribution in [0.4, 0.5) is 0 Å². The first-order valence-corrected chi connectivity index (χ1v) is 7.13. The zero-order valence-corrected chi connectivity index (χ0v) is 12.3. The largest absolute Gasteiger partial charge is 0.497 e. The Morgan fingerprint density at radius 3 is 2.28 bits per heavy atom. The first-order valence-electron chi connectivity index (χ1n) is 6.31. The van der Waals surface area contributed by atoms with E-state index in [1.165, 1.54) is 15.3 Å². The highest BCUT2D eigenvalue weighted by Gasteiger charge is 2.20. The van der Waals surface area contributed by atoms with E-state index in [4.69, 9.17) is 4.74 Å². The molecule has 96 valence electrons. The lowest BCUT2D eigenvalue weighted by Crippen LogP contribution is -2.12. The van der Waals surface area contributed by atoms with Gasteiger partial charge in [-0.25, -0.2) is 0 Å². The Kier molecular flexibility index (Phi) is 3.76. The third-order valence-electron chi connectivity index (χ3n) is 3.53. The van der Waals surface area contributed by atoms with Gasteiger partial charge in [0.05, 0.1) is 7.11 Å². The summed E-state index contributed by atoms with van der Waals surface area (Å²) in [6.07, 6.45) is 1.16. The molecule has 0 radical (unpaired) electrons. The van der Waals surface area contributed by atoms with E-state index in [0.717, 1.165) is 12.2 Å². The Hall–Kier alpha value is -1.28. The first kappa shape index (κ1) is 13.2. The fraction of sp³-hybridized carbons (Fsp3) is 0.375. The maximum absolute atomic E-state index is 5.19. The van der Waals surface area contributed by atoms with Gasteiger partial charge in [-0.1, -0.05) is 20.8 Å². The smallest absolute Gasteiger partial charge is 0.118 e. The number of rotatable bonds is 4. The fourth-order valence-corrected chi connectivity index (χ4v) is 2.97. The van der Waals surface area contributed by atoms with E-state index in [9.17, 15) is 0 Å². The van der Waals surface area contributed by atoms with E-state index >= 15 is 0 Å². The van der Waals surface area contributed by atoms with Gasteiger partial charge < -0.3 is 4.74 Å². The van der Waals surface area contributed by atoms with Crippen molar-refractivity contribution in [2.45, 2.75) is 32.6 Å². The lowest BCUT2D eigenvalue weighted by Gasteiger charge is -2.20. The number of benzene rings is 1. The van der Waals surface area contributed by atoms with Crippen LogP contribution in [0.25, 0.3) is 10.4 Å². The summed E-state index contributed by atoms with van der Waals surface area (Å²) in [5, 5.41) is 0. The monoisotopic (exact) mass is 260 g/mol. The summed E-state index contributed by atoms with van der Waals surface area (Å²) in [4.78, 5) is 2.78. The molecule has 0 amide bonds. The zero-order valence-electron chi connectivity index (χ0n) is 11.5. The molecule has 0 fully saturated rings. The van der Waals surface area contributed by atoms with Crippen molar-refractivity contribution in [3.63, 3.8) is 0 Å². The number of ether oxygens (including phenoxy) is 1. The van der Waals surface area contributed by atoms with Crippen LogP contribution in [0.1, 0.15) is 32.1 Å². The van der Waals surface area contributed by atoms with Crippen molar-refractivity contribution in [1.29, 1.82) is 0 Å². The number of methoxy groups -OCH3 is 1. The molecule has 1 nitrogen and oxygen atoms in total. The van der Waals surface area contributed by atoms with E-state index in [0.29, 0.717) is 0 Å². The quantitative estimate of drug-likeness (QED) is 0.742. The van der Waals surface area contributed by atoms with Crippen LogP contribution < -0.4 is 4.74 Å². The molecular weight excluding hydrogens is 240 g/mol. The van der Waals surface area contributed by atoms with Crippen molar-refractivity contribution >= 4 is 11.3 Å². The van der Waals surface area contributed by atoms with Crippen LogP contribution in [0.5, 0.6) is 5.75 Å². The van der Waals surface area contributed by atoms with Crippen molar-refractivity contribution in [3.05, 3.63) is 41.3 Å². The Bertz CT molecular complexity index is 508. The topological polar surface area (TPSA) is 9.23 Å². The highest BCUT2D eigenvalue weighted by atomic mass is 32.1. The molecule has 0 aliphatic rings. The molecule has 0 atom stereocenters. The summed E-state index contributed by atoms with van der Waals surface area (Å²) < 4.78 is 5.19. The number of hydrogen-bond acceptors (Lipinski definition) is 2. The molecule has 0 saturated carbocycles. The van der Waals surface area contributed by atoms with E-state index in [1.54, 1.807) is 7.11 Å². The molecular formula is C16H20OS. The highest BCUT2D eigenvalue weighted by Crippen LogP contribution is 2.37. The SMILES string of the molecule is CCC(C)(C)c1ccc(-c2ccc(OC)cc2)s1. The van der Waals surface area contributed by atoms with Gasteiger partial charge in [-0.3, -0.25) is 0 Å². The minimum Gasteiger partial charge on any atom is -0.497 e. The average Bonchev–Trinajstić information content (AvgIpc) is 2.89. The summed E-state index contributed by atoms with van der Waals surface area (Å²) in [6.45, 7) is 6.85. The lowest BCUT2D eigenvalue weighted by molar-refractivity contribution is 0.415.